The second-order valence-electron chi connectivity index (χ2n) is 6.65. The third-order valence-corrected chi connectivity index (χ3v) is 4.80. The number of nitrogens with one attached hydrogen (secondary N) is 1. The molecule has 1 N–H and O–H groups in total. The fraction of sp³-hybridized carbons (Fsp3) is 0.722. The Balaban J connectivity index is 1.68. The van der Waals surface area contributed by atoms with Gasteiger partial charge in [0.1, 0.15) is 5.52 Å². The number of hydrogen-bond acceptors (Lipinski definition) is 6. The lowest BCUT2D eigenvalue weighted by molar-refractivity contribution is 0.286. The molecule has 3 rings (SSSR count). The summed E-state index contributed by atoms with van der Waals surface area (Å²) in [6.45, 7) is 5.93. The van der Waals surface area contributed by atoms with E-state index in [0.29, 0.717) is 18.6 Å². The van der Waals surface area contributed by atoms with Crippen LogP contribution in [0.15, 0.2) is 6.20 Å². The minimum Gasteiger partial charge on any atom is -0.468 e. The van der Waals surface area contributed by atoms with Gasteiger partial charge in [-0.2, -0.15) is 9.97 Å². The van der Waals surface area contributed by atoms with Gasteiger partial charge in [0, 0.05) is 6.54 Å². The Labute approximate surface area is 149 Å². The molecule has 1 aliphatic heterocycles. The maximum Gasteiger partial charge on any atom is 0.318 e. The molecule has 3 heterocycles. The molecule has 0 aliphatic carbocycles. The van der Waals surface area contributed by atoms with Crippen molar-refractivity contribution >= 4 is 11.2 Å². The second kappa shape index (κ2) is 8.99. The van der Waals surface area contributed by atoms with Crippen molar-refractivity contribution in [2.24, 2.45) is 5.92 Å². The number of imidazole rings is 1. The number of hydrogen-bond donors (Lipinski definition) is 1. The Bertz CT molecular complexity index is 667. The van der Waals surface area contributed by atoms with Crippen LogP contribution in [0.2, 0.25) is 0 Å². The van der Waals surface area contributed by atoms with E-state index in [1.165, 1.54) is 19.3 Å². The van der Waals surface area contributed by atoms with Gasteiger partial charge >= 0.3 is 6.01 Å². The molecule has 25 heavy (non-hydrogen) atoms. The zero-order chi connectivity index (χ0) is 17.5. The first-order valence-electron chi connectivity index (χ1n) is 9.42. The summed E-state index contributed by atoms with van der Waals surface area (Å²) in [5, 5.41) is 3.42. The molecule has 1 fully saturated rings. The molecule has 0 atom stereocenters. The number of rotatable bonds is 9. The molecule has 0 aromatic carbocycles. The summed E-state index contributed by atoms with van der Waals surface area (Å²) in [4.78, 5) is 13.3. The van der Waals surface area contributed by atoms with Gasteiger partial charge in [-0.3, -0.25) is 4.57 Å². The summed E-state index contributed by atoms with van der Waals surface area (Å²) in [7, 11) is 1.65. The highest BCUT2D eigenvalue weighted by molar-refractivity contribution is 5.71. The van der Waals surface area contributed by atoms with Crippen molar-refractivity contribution in [3.8, 4) is 12.0 Å². The zero-order valence-electron chi connectivity index (χ0n) is 15.3. The quantitative estimate of drug-likeness (QED) is 0.703. The third-order valence-electron chi connectivity index (χ3n) is 4.80. The Morgan fingerprint density at radius 3 is 2.84 bits per heavy atom. The van der Waals surface area contributed by atoms with Crippen LogP contribution in [0, 0.1) is 5.92 Å². The van der Waals surface area contributed by atoms with Gasteiger partial charge in [0.15, 0.2) is 5.65 Å². The van der Waals surface area contributed by atoms with E-state index in [2.05, 4.69) is 27.2 Å². The van der Waals surface area contributed by atoms with Crippen LogP contribution in [0.5, 0.6) is 12.0 Å². The third kappa shape index (κ3) is 4.60. The molecule has 0 saturated carbocycles. The van der Waals surface area contributed by atoms with E-state index in [-0.39, 0.29) is 0 Å². The standard InChI is InChI=1S/C18H29N5O2/c1-3-4-12-25-17-20-13-15-16(22-17)23(18(21-15)24-2)11-5-6-14-7-9-19-10-8-14/h13-14,19H,3-12H2,1-2H3. The van der Waals surface area contributed by atoms with Crippen molar-refractivity contribution in [3.63, 3.8) is 0 Å². The highest BCUT2D eigenvalue weighted by Crippen LogP contribution is 2.23. The summed E-state index contributed by atoms with van der Waals surface area (Å²) in [6.07, 6.45) is 8.69. The van der Waals surface area contributed by atoms with Gasteiger partial charge in [0.2, 0.25) is 0 Å². The van der Waals surface area contributed by atoms with Crippen LogP contribution in [0.25, 0.3) is 11.2 Å². The lowest BCUT2D eigenvalue weighted by Crippen LogP contribution is -2.27. The van der Waals surface area contributed by atoms with Gasteiger partial charge in [0.05, 0.1) is 19.9 Å². The number of ether oxygens (including phenoxy) is 2. The number of piperidine rings is 1. The van der Waals surface area contributed by atoms with E-state index in [4.69, 9.17) is 9.47 Å². The molecule has 0 amide bonds. The normalized spacial score (nSPS) is 15.6. The van der Waals surface area contributed by atoms with Crippen molar-refractivity contribution in [1.29, 1.82) is 0 Å². The van der Waals surface area contributed by atoms with Crippen LogP contribution in [0.3, 0.4) is 0 Å². The Morgan fingerprint density at radius 1 is 1.24 bits per heavy atom. The molecule has 2 aromatic heterocycles. The van der Waals surface area contributed by atoms with Gasteiger partial charge in [-0.05, 0) is 51.1 Å². The molecule has 7 heteroatoms. The van der Waals surface area contributed by atoms with Crippen LogP contribution in [-0.4, -0.2) is 46.3 Å². The second-order valence-corrected chi connectivity index (χ2v) is 6.65. The largest absolute Gasteiger partial charge is 0.468 e. The van der Waals surface area contributed by atoms with Crippen molar-refractivity contribution in [3.05, 3.63) is 6.20 Å². The maximum absolute atomic E-state index is 5.64. The summed E-state index contributed by atoms with van der Waals surface area (Å²) in [6, 6.07) is 1.02. The predicted octanol–water partition coefficient (Wildman–Crippen LogP) is 2.79. The molecule has 7 nitrogen and oxygen atoms in total. The molecule has 2 aromatic rings. The summed E-state index contributed by atoms with van der Waals surface area (Å²) < 4.78 is 13.1. The predicted molar refractivity (Wildman–Crippen MR) is 97.1 cm³/mol. The molecule has 1 saturated heterocycles. The van der Waals surface area contributed by atoms with Gasteiger partial charge in [-0.1, -0.05) is 13.3 Å². The fourth-order valence-corrected chi connectivity index (χ4v) is 3.33. The van der Waals surface area contributed by atoms with Crippen LogP contribution >= 0.6 is 0 Å². The van der Waals surface area contributed by atoms with Crippen LogP contribution in [0.1, 0.15) is 45.4 Å². The van der Waals surface area contributed by atoms with E-state index < -0.39 is 0 Å². The number of methoxy groups -OCH3 is 1. The molecule has 138 valence electrons. The summed E-state index contributed by atoms with van der Waals surface area (Å²) in [5.74, 6) is 0.824. The van der Waals surface area contributed by atoms with E-state index in [9.17, 15) is 0 Å². The average molecular weight is 347 g/mol. The van der Waals surface area contributed by atoms with Crippen molar-refractivity contribution in [1.82, 2.24) is 24.8 Å². The van der Waals surface area contributed by atoms with Crippen molar-refractivity contribution in [2.45, 2.75) is 52.0 Å². The van der Waals surface area contributed by atoms with Crippen molar-refractivity contribution < 1.29 is 9.47 Å². The monoisotopic (exact) mass is 347 g/mol. The molecule has 0 bridgehead atoms. The molecule has 1 aliphatic rings. The van der Waals surface area contributed by atoms with E-state index >= 15 is 0 Å². The number of aryl methyl sites for hydroxylation is 1. The smallest absolute Gasteiger partial charge is 0.318 e. The number of unbranched alkanes of at least 4 members (excludes halogenated alkanes) is 1. The number of aromatic nitrogens is 4. The number of fused-ring (bicyclic) bond motifs is 1. The fourth-order valence-electron chi connectivity index (χ4n) is 3.33. The lowest BCUT2D eigenvalue weighted by Gasteiger charge is -2.22. The first-order valence-corrected chi connectivity index (χ1v) is 9.42. The molecular weight excluding hydrogens is 318 g/mol. The zero-order valence-corrected chi connectivity index (χ0v) is 15.3. The SMILES string of the molecule is CCCCOc1ncc2nc(OC)n(CCCC3CCNCC3)c2n1. The first-order chi connectivity index (χ1) is 12.3. The highest BCUT2D eigenvalue weighted by Gasteiger charge is 2.16. The van der Waals surface area contributed by atoms with Crippen LogP contribution in [-0.2, 0) is 6.54 Å². The Hall–Kier alpha value is -1.89. The molecule has 0 spiro atoms. The van der Waals surface area contributed by atoms with E-state index in [0.717, 1.165) is 56.0 Å². The maximum atomic E-state index is 5.64. The number of nitrogens with zero attached hydrogens (tertiary/aromatic N) is 4. The van der Waals surface area contributed by atoms with E-state index in [1.807, 2.05) is 4.57 Å². The summed E-state index contributed by atoms with van der Waals surface area (Å²) >= 11 is 0. The van der Waals surface area contributed by atoms with Crippen LogP contribution in [0.4, 0.5) is 0 Å². The van der Waals surface area contributed by atoms with E-state index in [1.54, 1.807) is 13.3 Å². The van der Waals surface area contributed by atoms with Crippen molar-refractivity contribution in [2.75, 3.05) is 26.8 Å². The lowest BCUT2D eigenvalue weighted by atomic mass is 9.93. The highest BCUT2D eigenvalue weighted by atomic mass is 16.5. The minimum atomic E-state index is 0.420. The first kappa shape index (κ1) is 17.9. The Morgan fingerprint density at radius 2 is 2.08 bits per heavy atom. The van der Waals surface area contributed by atoms with Gasteiger partial charge in [-0.15, -0.1) is 0 Å². The Kier molecular flexibility index (Phi) is 6.44. The van der Waals surface area contributed by atoms with Gasteiger partial charge < -0.3 is 14.8 Å². The molecule has 0 radical (unpaired) electrons. The molecule has 0 unspecified atom stereocenters. The molecular formula is C18H29N5O2. The van der Waals surface area contributed by atoms with Gasteiger partial charge in [0.25, 0.3) is 6.01 Å². The topological polar surface area (TPSA) is 74.1 Å². The summed E-state index contributed by atoms with van der Waals surface area (Å²) in [5.41, 5.74) is 1.55. The minimum absolute atomic E-state index is 0.420. The van der Waals surface area contributed by atoms with Gasteiger partial charge in [-0.25, -0.2) is 4.98 Å². The van der Waals surface area contributed by atoms with Crippen LogP contribution < -0.4 is 14.8 Å². The average Bonchev–Trinajstić information content (AvgIpc) is 3.00.